The molecule has 100 valence electrons. The van der Waals surface area contributed by atoms with Gasteiger partial charge < -0.3 is 14.8 Å². The van der Waals surface area contributed by atoms with Crippen molar-refractivity contribution < 1.29 is 9.47 Å². The average molecular weight is 314 g/mol. The van der Waals surface area contributed by atoms with Crippen LogP contribution in [0.15, 0.2) is 16.6 Å². The summed E-state index contributed by atoms with van der Waals surface area (Å²) in [5.74, 6) is 2.42. The Hall–Kier alpha value is -0.740. The van der Waals surface area contributed by atoms with Crippen LogP contribution in [0.25, 0.3) is 0 Å². The topological polar surface area (TPSA) is 30.5 Å². The molecule has 0 unspecified atom stereocenters. The summed E-state index contributed by atoms with van der Waals surface area (Å²) in [4.78, 5) is 0. The average Bonchev–Trinajstić information content (AvgIpc) is 2.83. The largest absolute Gasteiger partial charge is 0.454 e. The second-order valence-corrected chi connectivity index (χ2v) is 5.48. The van der Waals surface area contributed by atoms with Crippen LogP contribution in [-0.4, -0.2) is 13.3 Å². The van der Waals surface area contributed by atoms with Crippen LogP contribution in [0.5, 0.6) is 11.5 Å². The first kappa shape index (κ1) is 13.7. The normalized spacial score (nSPS) is 13.3. The Balaban J connectivity index is 1.92. The van der Waals surface area contributed by atoms with Crippen molar-refractivity contribution in [1.82, 2.24) is 5.32 Å². The van der Waals surface area contributed by atoms with Crippen molar-refractivity contribution in [3.63, 3.8) is 0 Å². The zero-order valence-electron chi connectivity index (χ0n) is 11.0. The highest BCUT2D eigenvalue weighted by atomic mass is 79.9. The van der Waals surface area contributed by atoms with E-state index in [4.69, 9.17) is 9.47 Å². The number of nitrogens with one attached hydrogen (secondary N) is 1. The predicted octanol–water partition coefficient (Wildman–Crippen LogP) is 3.70. The lowest BCUT2D eigenvalue weighted by molar-refractivity contribution is 0.173. The molecule has 2 rings (SSSR count). The van der Waals surface area contributed by atoms with Crippen LogP contribution < -0.4 is 14.8 Å². The molecule has 18 heavy (non-hydrogen) atoms. The molecule has 0 atom stereocenters. The van der Waals surface area contributed by atoms with Crippen LogP contribution in [0.1, 0.15) is 32.3 Å². The first-order chi connectivity index (χ1) is 8.74. The van der Waals surface area contributed by atoms with Gasteiger partial charge in [-0.1, -0.05) is 26.7 Å². The third-order valence-corrected chi connectivity index (χ3v) is 3.99. The van der Waals surface area contributed by atoms with Gasteiger partial charge >= 0.3 is 0 Å². The third kappa shape index (κ3) is 3.18. The minimum Gasteiger partial charge on any atom is -0.454 e. The summed E-state index contributed by atoms with van der Waals surface area (Å²) in [6.45, 7) is 6.74. The molecule has 1 aromatic rings. The predicted molar refractivity (Wildman–Crippen MR) is 76.0 cm³/mol. The van der Waals surface area contributed by atoms with E-state index < -0.39 is 0 Å². The van der Waals surface area contributed by atoms with E-state index in [-0.39, 0.29) is 0 Å². The van der Waals surface area contributed by atoms with Gasteiger partial charge in [0.25, 0.3) is 0 Å². The van der Waals surface area contributed by atoms with Gasteiger partial charge in [0.05, 0.1) is 4.47 Å². The Morgan fingerprint density at radius 1 is 1.28 bits per heavy atom. The molecular weight excluding hydrogens is 294 g/mol. The lowest BCUT2D eigenvalue weighted by atomic mass is 10.0. The highest BCUT2D eigenvalue weighted by molar-refractivity contribution is 9.10. The van der Waals surface area contributed by atoms with Crippen molar-refractivity contribution in [3.05, 3.63) is 22.2 Å². The van der Waals surface area contributed by atoms with Gasteiger partial charge in [0.15, 0.2) is 11.5 Å². The minimum absolute atomic E-state index is 0.318. The first-order valence-corrected chi connectivity index (χ1v) is 7.32. The Morgan fingerprint density at radius 2 is 2.06 bits per heavy atom. The SMILES string of the molecule is CCC(CC)CNCc1cc(Br)c2c(c1)OCO2. The van der Waals surface area contributed by atoms with E-state index in [2.05, 4.69) is 41.2 Å². The van der Waals surface area contributed by atoms with Crippen molar-refractivity contribution in [2.24, 2.45) is 5.92 Å². The van der Waals surface area contributed by atoms with Crippen LogP contribution >= 0.6 is 15.9 Å². The molecule has 1 aromatic carbocycles. The second kappa shape index (κ2) is 6.43. The monoisotopic (exact) mass is 313 g/mol. The fourth-order valence-electron chi connectivity index (χ4n) is 2.12. The number of halogens is 1. The second-order valence-electron chi connectivity index (χ2n) is 4.62. The summed E-state index contributed by atoms with van der Waals surface area (Å²) >= 11 is 3.51. The molecule has 0 saturated carbocycles. The standard InChI is InChI=1S/C14H20BrNO2/c1-3-10(4-2)7-16-8-11-5-12(15)14-13(6-11)17-9-18-14/h5-6,10,16H,3-4,7-9H2,1-2H3. The minimum atomic E-state index is 0.318. The summed E-state index contributed by atoms with van der Waals surface area (Å²) in [7, 11) is 0. The van der Waals surface area contributed by atoms with Gasteiger partial charge in [-0.3, -0.25) is 0 Å². The number of benzene rings is 1. The van der Waals surface area contributed by atoms with Crippen molar-refractivity contribution in [2.75, 3.05) is 13.3 Å². The fourth-order valence-corrected chi connectivity index (χ4v) is 2.72. The van der Waals surface area contributed by atoms with E-state index in [1.54, 1.807) is 0 Å². The molecule has 0 fully saturated rings. The van der Waals surface area contributed by atoms with Gasteiger partial charge in [0, 0.05) is 6.54 Å². The molecule has 0 spiro atoms. The lowest BCUT2D eigenvalue weighted by Gasteiger charge is -2.13. The van der Waals surface area contributed by atoms with E-state index in [1.807, 2.05) is 6.07 Å². The zero-order chi connectivity index (χ0) is 13.0. The first-order valence-electron chi connectivity index (χ1n) is 6.53. The Labute approximate surface area is 117 Å². The molecule has 0 bridgehead atoms. The van der Waals surface area contributed by atoms with Crippen molar-refractivity contribution in [3.8, 4) is 11.5 Å². The van der Waals surface area contributed by atoms with E-state index in [0.29, 0.717) is 6.79 Å². The quantitative estimate of drug-likeness (QED) is 0.868. The molecule has 1 N–H and O–H groups in total. The Kier molecular flexibility index (Phi) is 4.89. The molecule has 0 aliphatic carbocycles. The van der Waals surface area contributed by atoms with E-state index in [1.165, 1.54) is 18.4 Å². The molecule has 0 amide bonds. The molecule has 0 aromatic heterocycles. The molecular formula is C14H20BrNO2. The maximum Gasteiger partial charge on any atom is 0.231 e. The third-order valence-electron chi connectivity index (χ3n) is 3.40. The van der Waals surface area contributed by atoms with Gasteiger partial charge in [-0.05, 0) is 46.1 Å². The van der Waals surface area contributed by atoms with Crippen LogP contribution in [0, 0.1) is 5.92 Å². The summed E-state index contributed by atoms with van der Waals surface area (Å²) < 4.78 is 11.8. The summed E-state index contributed by atoms with van der Waals surface area (Å²) in [6, 6.07) is 4.14. The molecule has 1 aliphatic rings. The molecule has 0 radical (unpaired) electrons. The number of hydrogen-bond donors (Lipinski definition) is 1. The highest BCUT2D eigenvalue weighted by Crippen LogP contribution is 2.39. The van der Waals surface area contributed by atoms with Gasteiger partial charge in [0.1, 0.15) is 0 Å². The molecule has 1 aliphatic heterocycles. The summed E-state index contributed by atoms with van der Waals surface area (Å²) in [5, 5.41) is 3.50. The van der Waals surface area contributed by atoms with Gasteiger partial charge in [0.2, 0.25) is 6.79 Å². The number of hydrogen-bond acceptors (Lipinski definition) is 3. The Bertz CT molecular complexity index is 405. The van der Waals surface area contributed by atoms with Crippen molar-refractivity contribution in [1.29, 1.82) is 0 Å². The number of ether oxygens (including phenoxy) is 2. The van der Waals surface area contributed by atoms with Crippen molar-refractivity contribution in [2.45, 2.75) is 33.2 Å². The van der Waals surface area contributed by atoms with E-state index in [0.717, 1.165) is 35.0 Å². The maximum absolute atomic E-state index is 5.41. The van der Waals surface area contributed by atoms with Crippen LogP contribution in [0.2, 0.25) is 0 Å². The van der Waals surface area contributed by atoms with Gasteiger partial charge in [-0.2, -0.15) is 0 Å². The molecule has 1 heterocycles. The van der Waals surface area contributed by atoms with Crippen LogP contribution in [-0.2, 0) is 6.54 Å². The van der Waals surface area contributed by atoms with Gasteiger partial charge in [-0.25, -0.2) is 0 Å². The van der Waals surface area contributed by atoms with Gasteiger partial charge in [-0.15, -0.1) is 0 Å². The number of fused-ring (bicyclic) bond motifs is 1. The summed E-state index contributed by atoms with van der Waals surface area (Å²) in [5.41, 5.74) is 1.22. The smallest absolute Gasteiger partial charge is 0.231 e. The highest BCUT2D eigenvalue weighted by Gasteiger charge is 2.17. The fraction of sp³-hybridized carbons (Fsp3) is 0.571. The van der Waals surface area contributed by atoms with Crippen LogP contribution in [0.3, 0.4) is 0 Å². The Morgan fingerprint density at radius 3 is 2.78 bits per heavy atom. The van der Waals surface area contributed by atoms with Crippen LogP contribution in [0.4, 0.5) is 0 Å². The summed E-state index contributed by atoms with van der Waals surface area (Å²) in [6.07, 6.45) is 2.46. The number of rotatable bonds is 6. The maximum atomic E-state index is 5.41. The molecule has 0 saturated heterocycles. The van der Waals surface area contributed by atoms with E-state index in [9.17, 15) is 0 Å². The zero-order valence-corrected chi connectivity index (χ0v) is 12.5. The van der Waals surface area contributed by atoms with Crippen molar-refractivity contribution >= 4 is 15.9 Å². The van der Waals surface area contributed by atoms with E-state index >= 15 is 0 Å². The molecule has 4 heteroatoms. The lowest BCUT2D eigenvalue weighted by Crippen LogP contribution is -2.21. The molecule has 3 nitrogen and oxygen atoms in total.